The van der Waals surface area contributed by atoms with E-state index in [-0.39, 0.29) is 18.0 Å². The molecule has 0 aromatic rings. The first kappa shape index (κ1) is 13.4. The summed E-state index contributed by atoms with van der Waals surface area (Å²) in [4.78, 5) is 11.1. The van der Waals surface area contributed by atoms with Crippen molar-refractivity contribution in [1.29, 1.82) is 0 Å². The minimum atomic E-state index is -0.199. The molecule has 14 heavy (non-hydrogen) atoms. The molecule has 1 atom stereocenters. The summed E-state index contributed by atoms with van der Waals surface area (Å²) in [6.07, 6.45) is 0.565. The lowest BCUT2D eigenvalue weighted by Gasteiger charge is -2.10. The van der Waals surface area contributed by atoms with Crippen LogP contribution in [0, 0.1) is 5.92 Å². The number of hydrogen-bond acceptors (Lipinski definition) is 4. The van der Waals surface area contributed by atoms with E-state index in [2.05, 4.69) is 0 Å². The van der Waals surface area contributed by atoms with Crippen LogP contribution in [0.3, 0.4) is 0 Å². The molecular formula is C10H21NO3. The summed E-state index contributed by atoms with van der Waals surface area (Å²) in [7, 11) is 0. The number of carbonyl (C=O) groups excluding carboxylic acids is 1. The Bertz CT molecular complexity index is 159. The van der Waals surface area contributed by atoms with Gasteiger partial charge in [-0.05, 0) is 26.3 Å². The van der Waals surface area contributed by atoms with E-state index >= 15 is 0 Å². The van der Waals surface area contributed by atoms with Gasteiger partial charge in [0.05, 0.1) is 12.7 Å². The predicted molar refractivity (Wildman–Crippen MR) is 54.9 cm³/mol. The molecule has 84 valence electrons. The molecule has 4 nitrogen and oxygen atoms in total. The SMILES string of the molecule is CC(CN)CC(=O)OCCOC(C)C. The Morgan fingerprint density at radius 2 is 1.93 bits per heavy atom. The highest BCUT2D eigenvalue weighted by atomic mass is 16.6. The Morgan fingerprint density at radius 3 is 2.43 bits per heavy atom. The predicted octanol–water partition coefficient (Wildman–Crippen LogP) is 0.940. The third-order valence-corrected chi connectivity index (χ3v) is 1.72. The van der Waals surface area contributed by atoms with E-state index in [1.54, 1.807) is 0 Å². The Kier molecular flexibility index (Phi) is 7.42. The van der Waals surface area contributed by atoms with Gasteiger partial charge in [-0.25, -0.2) is 0 Å². The number of carbonyl (C=O) groups is 1. The summed E-state index contributed by atoms with van der Waals surface area (Å²) in [5.74, 6) is -0.0103. The summed E-state index contributed by atoms with van der Waals surface area (Å²) in [6, 6.07) is 0. The normalized spacial score (nSPS) is 12.9. The molecule has 0 aromatic carbocycles. The Morgan fingerprint density at radius 1 is 1.29 bits per heavy atom. The summed E-state index contributed by atoms with van der Waals surface area (Å²) in [6.45, 7) is 7.11. The van der Waals surface area contributed by atoms with Crippen LogP contribution >= 0.6 is 0 Å². The van der Waals surface area contributed by atoms with Gasteiger partial charge in [0.25, 0.3) is 0 Å². The van der Waals surface area contributed by atoms with Gasteiger partial charge in [0.15, 0.2) is 0 Å². The van der Waals surface area contributed by atoms with E-state index in [1.165, 1.54) is 0 Å². The van der Waals surface area contributed by atoms with E-state index in [9.17, 15) is 4.79 Å². The lowest BCUT2D eigenvalue weighted by Crippen LogP contribution is -2.18. The van der Waals surface area contributed by atoms with Gasteiger partial charge in [-0.2, -0.15) is 0 Å². The second-order valence-electron chi connectivity index (χ2n) is 3.69. The zero-order chi connectivity index (χ0) is 11.0. The van der Waals surface area contributed by atoms with Gasteiger partial charge in [-0.1, -0.05) is 6.92 Å². The summed E-state index contributed by atoms with van der Waals surface area (Å²) in [5, 5.41) is 0. The van der Waals surface area contributed by atoms with E-state index in [0.717, 1.165) is 0 Å². The van der Waals surface area contributed by atoms with Crippen molar-refractivity contribution < 1.29 is 14.3 Å². The molecule has 0 radical (unpaired) electrons. The standard InChI is InChI=1S/C10H21NO3/c1-8(2)13-4-5-14-10(12)6-9(3)7-11/h8-9H,4-7,11H2,1-3H3. The van der Waals surface area contributed by atoms with Crippen LogP contribution in [0.4, 0.5) is 0 Å². The molecule has 0 bridgehead atoms. The molecule has 4 heteroatoms. The number of rotatable bonds is 7. The fraction of sp³-hybridized carbons (Fsp3) is 0.900. The molecule has 0 saturated heterocycles. The van der Waals surface area contributed by atoms with Gasteiger partial charge in [0, 0.05) is 6.42 Å². The van der Waals surface area contributed by atoms with Crippen LogP contribution < -0.4 is 5.73 Å². The fourth-order valence-corrected chi connectivity index (χ4v) is 0.866. The van der Waals surface area contributed by atoms with Crippen molar-refractivity contribution in [1.82, 2.24) is 0 Å². The minimum Gasteiger partial charge on any atom is -0.463 e. The quantitative estimate of drug-likeness (QED) is 0.494. The lowest BCUT2D eigenvalue weighted by atomic mass is 10.1. The van der Waals surface area contributed by atoms with Gasteiger partial charge >= 0.3 is 5.97 Å². The molecular weight excluding hydrogens is 182 g/mol. The van der Waals surface area contributed by atoms with Gasteiger partial charge in [0.1, 0.15) is 6.61 Å². The van der Waals surface area contributed by atoms with Crippen LogP contribution in [0.15, 0.2) is 0 Å². The van der Waals surface area contributed by atoms with Crippen LogP contribution in [-0.4, -0.2) is 31.8 Å². The number of ether oxygens (including phenoxy) is 2. The molecule has 2 N–H and O–H groups in total. The molecule has 0 aliphatic carbocycles. The van der Waals surface area contributed by atoms with E-state index < -0.39 is 0 Å². The first-order chi connectivity index (χ1) is 6.56. The fourth-order valence-electron chi connectivity index (χ4n) is 0.866. The summed E-state index contributed by atoms with van der Waals surface area (Å²) in [5.41, 5.74) is 5.38. The first-order valence-corrected chi connectivity index (χ1v) is 5.03. The Balaban J connectivity index is 3.36. The number of hydrogen-bond donors (Lipinski definition) is 1. The zero-order valence-corrected chi connectivity index (χ0v) is 9.29. The maximum atomic E-state index is 11.1. The smallest absolute Gasteiger partial charge is 0.306 e. The molecule has 0 aliphatic rings. The summed E-state index contributed by atoms with van der Waals surface area (Å²) < 4.78 is 10.2. The van der Waals surface area contributed by atoms with Crippen molar-refractivity contribution in [3.8, 4) is 0 Å². The highest BCUT2D eigenvalue weighted by molar-refractivity contribution is 5.69. The van der Waals surface area contributed by atoms with Gasteiger partial charge < -0.3 is 15.2 Å². The van der Waals surface area contributed by atoms with Crippen LogP contribution in [0.2, 0.25) is 0 Å². The van der Waals surface area contributed by atoms with Gasteiger partial charge in [-0.3, -0.25) is 4.79 Å². The molecule has 0 amide bonds. The van der Waals surface area contributed by atoms with E-state index in [1.807, 2.05) is 20.8 Å². The molecule has 0 aliphatic heterocycles. The second kappa shape index (κ2) is 7.76. The van der Waals surface area contributed by atoms with Crippen LogP contribution in [-0.2, 0) is 14.3 Å². The second-order valence-corrected chi connectivity index (χ2v) is 3.69. The average molecular weight is 203 g/mol. The van der Waals surface area contributed by atoms with Crippen LogP contribution in [0.1, 0.15) is 27.2 Å². The molecule has 0 aromatic heterocycles. The van der Waals surface area contributed by atoms with Crippen LogP contribution in [0.5, 0.6) is 0 Å². The largest absolute Gasteiger partial charge is 0.463 e. The maximum absolute atomic E-state index is 11.1. The molecule has 0 heterocycles. The van der Waals surface area contributed by atoms with E-state index in [0.29, 0.717) is 26.2 Å². The monoisotopic (exact) mass is 203 g/mol. The molecule has 0 spiro atoms. The first-order valence-electron chi connectivity index (χ1n) is 5.03. The highest BCUT2D eigenvalue weighted by Crippen LogP contribution is 2.00. The number of nitrogens with two attached hydrogens (primary N) is 1. The van der Waals surface area contributed by atoms with Crippen molar-refractivity contribution in [2.24, 2.45) is 11.7 Å². The molecule has 0 rings (SSSR count). The maximum Gasteiger partial charge on any atom is 0.306 e. The summed E-state index contributed by atoms with van der Waals surface area (Å²) >= 11 is 0. The third-order valence-electron chi connectivity index (χ3n) is 1.72. The van der Waals surface area contributed by atoms with Crippen LogP contribution in [0.25, 0.3) is 0 Å². The van der Waals surface area contributed by atoms with Gasteiger partial charge in [-0.15, -0.1) is 0 Å². The Labute approximate surface area is 85.8 Å². The van der Waals surface area contributed by atoms with Crippen molar-refractivity contribution in [2.75, 3.05) is 19.8 Å². The Hall–Kier alpha value is -0.610. The lowest BCUT2D eigenvalue weighted by molar-refractivity contribution is -0.146. The number of esters is 1. The highest BCUT2D eigenvalue weighted by Gasteiger charge is 2.08. The van der Waals surface area contributed by atoms with Crippen molar-refractivity contribution in [3.05, 3.63) is 0 Å². The van der Waals surface area contributed by atoms with Crippen molar-refractivity contribution in [2.45, 2.75) is 33.3 Å². The molecule has 1 unspecified atom stereocenters. The van der Waals surface area contributed by atoms with Gasteiger partial charge in [0.2, 0.25) is 0 Å². The molecule has 0 saturated carbocycles. The molecule has 0 fully saturated rings. The average Bonchev–Trinajstić information content (AvgIpc) is 2.12. The third kappa shape index (κ3) is 8.01. The van der Waals surface area contributed by atoms with Crippen molar-refractivity contribution >= 4 is 5.97 Å². The van der Waals surface area contributed by atoms with E-state index in [4.69, 9.17) is 15.2 Å². The topological polar surface area (TPSA) is 61.6 Å². The van der Waals surface area contributed by atoms with Crippen molar-refractivity contribution in [3.63, 3.8) is 0 Å². The minimum absolute atomic E-state index is 0.177. The zero-order valence-electron chi connectivity index (χ0n) is 9.29.